The number of hydrogen-bond donors (Lipinski definition) is 0. The third-order valence-corrected chi connectivity index (χ3v) is 3.41. The van der Waals surface area contributed by atoms with Gasteiger partial charge < -0.3 is 14.4 Å². The fourth-order valence-electron chi connectivity index (χ4n) is 2.02. The number of carbonyl (C=O) groups excluding carboxylic acids is 1. The summed E-state index contributed by atoms with van der Waals surface area (Å²) >= 11 is 0. The van der Waals surface area contributed by atoms with Gasteiger partial charge in [-0.05, 0) is 44.4 Å². The van der Waals surface area contributed by atoms with Crippen molar-refractivity contribution in [2.45, 2.75) is 34.1 Å². The van der Waals surface area contributed by atoms with Gasteiger partial charge in [0.25, 0.3) is 5.91 Å². The van der Waals surface area contributed by atoms with Gasteiger partial charge in [0.15, 0.2) is 11.5 Å². The predicted molar refractivity (Wildman–Crippen MR) is 85.2 cm³/mol. The van der Waals surface area contributed by atoms with Crippen LogP contribution < -0.4 is 9.47 Å². The number of nitrogens with zero attached hydrogens (tertiary/aromatic N) is 1. The summed E-state index contributed by atoms with van der Waals surface area (Å²) in [6, 6.07) is 5.37. The molecule has 0 aliphatic rings. The molecule has 118 valence electrons. The van der Waals surface area contributed by atoms with Crippen molar-refractivity contribution in [1.29, 1.82) is 0 Å². The van der Waals surface area contributed by atoms with Crippen LogP contribution in [-0.4, -0.2) is 37.6 Å². The van der Waals surface area contributed by atoms with E-state index in [0.29, 0.717) is 42.7 Å². The summed E-state index contributed by atoms with van der Waals surface area (Å²) in [7, 11) is 1.59. The van der Waals surface area contributed by atoms with Gasteiger partial charge in [-0.25, -0.2) is 0 Å². The third-order valence-electron chi connectivity index (χ3n) is 3.41. The largest absolute Gasteiger partial charge is 0.493 e. The molecule has 0 aliphatic carbocycles. The van der Waals surface area contributed by atoms with Crippen molar-refractivity contribution in [3.8, 4) is 11.5 Å². The van der Waals surface area contributed by atoms with Crippen molar-refractivity contribution in [2.24, 2.45) is 5.92 Å². The molecule has 4 nitrogen and oxygen atoms in total. The molecule has 0 unspecified atom stereocenters. The summed E-state index contributed by atoms with van der Waals surface area (Å²) in [5.74, 6) is 1.91. The van der Waals surface area contributed by atoms with Crippen molar-refractivity contribution < 1.29 is 14.3 Å². The fourth-order valence-corrected chi connectivity index (χ4v) is 2.02. The van der Waals surface area contributed by atoms with E-state index >= 15 is 0 Å². The highest BCUT2D eigenvalue weighted by Crippen LogP contribution is 2.29. The van der Waals surface area contributed by atoms with E-state index in [1.165, 1.54) is 0 Å². The van der Waals surface area contributed by atoms with E-state index in [1.807, 2.05) is 19.9 Å². The first-order chi connectivity index (χ1) is 10.0. The maximum Gasteiger partial charge on any atom is 0.253 e. The number of ether oxygens (including phenoxy) is 2. The minimum atomic E-state index is 0.0204. The van der Waals surface area contributed by atoms with Crippen LogP contribution in [0.25, 0.3) is 0 Å². The number of carbonyl (C=O) groups is 1. The van der Waals surface area contributed by atoms with Crippen molar-refractivity contribution in [3.05, 3.63) is 23.8 Å². The zero-order valence-corrected chi connectivity index (χ0v) is 13.8. The molecule has 0 bridgehead atoms. The molecule has 0 N–H and O–H groups in total. The molecule has 0 radical (unpaired) electrons. The van der Waals surface area contributed by atoms with Crippen LogP contribution in [0.5, 0.6) is 11.5 Å². The van der Waals surface area contributed by atoms with Crippen LogP contribution in [-0.2, 0) is 0 Å². The lowest BCUT2D eigenvalue weighted by Crippen LogP contribution is -2.30. The Morgan fingerprint density at radius 3 is 2.38 bits per heavy atom. The van der Waals surface area contributed by atoms with E-state index in [9.17, 15) is 4.79 Å². The summed E-state index contributed by atoms with van der Waals surface area (Å²) in [6.45, 7) is 10.3. The smallest absolute Gasteiger partial charge is 0.253 e. The SMILES string of the molecule is CCN(CC)C(=O)c1ccc(OCCC(C)C)c(OC)c1. The molecule has 1 rings (SSSR count). The van der Waals surface area contributed by atoms with Gasteiger partial charge in [0, 0.05) is 18.7 Å². The first kappa shape index (κ1) is 17.3. The van der Waals surface area contributed by atoms with Crippen LogP contribution in [0.1, 0.15) is 44.5 Å². The molecule has 0 saturated heterocycles. The summed E-state index contributed by atoms with van der Waals surface area (Å²) in [5, 5.41) is 0. The van der Waals surface area contributed by atoms with E-state index < -0.39 is 0 Å². The molecule has 0 saturated carbocycles. The van der Waals surface area contributed by atoms with Crippen LogP contribution in [0, 0.1) is 5.92 Å². The van der Waals surface area contributed by atoms with Gasteiger partial charge in [-0.1, -0.05) is 13.8 Å². The molecule has 21 heavy (non-hydrogen) atoms. The Labute approximate surface area is 128 Å². The Bertz CT molecular complexity index is 453. The summed E-state index contributed by atoms with van der Waals surface area (Å²) in [6.07, 6.45) is 0.989. The van der Waals surface area contributed by atoms with Gasteiger partial charge >= 0.3 is 0 Å². The van der Waals surface area contributed by atoms with Gasteiger partial charge in [-0.15, -0.1) is 0 Å². The second-order valence-electron chi connectivity index (χ2n) is 5.37. The Morgan fingerprint density at radius 1 is 1.19 bits per heavy atom. The molecule has 1 aromatic rings. The van der Waals surface area contributed by atoms with Crippen molar-refractivity contribution in [2.75, 3.05) is 26.8 Å². The van der Waals surface area contributed by atoms with E-state index in [4.69, 9.17) is 9.47 Å². The molecular formula is C17H27NO3. The Balaban J connectivity index is 2.85. The van der Waals surface area contributed by atoms with Crippen LogP contribution in [0.2, 0.25) is 0 Å². The quantitative estimate of drug-likeness (QED) is 0.735. The molecule has 0 aromatic heterocycles. The first-order valence-electron chi connectivity index (χ1n) is 7.63. The second-order valence-corrected chi connectivity index (χ2v) is 5.37. The normalized spacial score (nSPS) is 10.6. The number of methoxy groups -OCH3 is 1. The fraction of sp³-hybridized carbons (Fsp3) is 0.588. The highest BCUT2D eigenvalue weighted by atomic mass is 16.5. The lowest BCUT2D eigenvalue weighted by Gasteiger charge is -2.19. The lowest BCUT2D eigenvalue weighted by molar-refractivity contribution is 0.0772. The van der Waals surface area contributed by atoms with E-state index in [-0.39, 0.29) is 5.91 Å². The summed E-state index contributed by atoms with van der Waals surface area (Å²) in [5.41, 5.74) is 0.631. The van der Waals surface area contributed by atoms with Crippen molar-refractivity contribution in [3.63, 3.8) is 0 Å². The van der Waals surface area contributed by atoms with Gasteiger partial charge in [0.05, 0.1) is 13.7 Å². The topological polar surface area (TPSA) is 38.8 Å². The molecule has 0 fully saturated rings. The maximum absolute atomic E-state index is 12.3. The molecule has 0 atom stereocenters. The molecule has 0 heterocycles. The van der Waals surface area contributed by atoms with Crippen molar-refractivity contribution >= 4 is 5.91 Å². The average molecular weight is 293 g/mol. The molecule has 1 amide bonds. The molecule has 1 aromatic carbocycles. The first-order valence-corrected chi connectivity index (χ1v) is 7.63. The summed E-state index contributed by atoms with van der Waals surface area (Å²) in [4.78, 5) is 14.1. The number of hydrogen-bond acceptors (Lipinski definition) is 3. The minimum absolute atomic E-state index is 0.0204. The molecule has 0 spiro atoms. The third kappa shape index (κ3) is 4.96. The Hall–Kier alpha value is -1.71. The maximum atomic E-state index is 12.3. The molecular weight excluding hydrogens is 266 g/mol. The van der Waals surface area contributed by atoms with Gasteiger partial charge in [0.2, 0.25) is 0 Å². The summed E-state index contributed by atoms with van der Waals surface area (Å²) < 4.78 is 11.1. The Morgan fingerprint density at radius 2 is 1.86 bits per heavy atom. The van der Waals surface area contributed by atoms with E-state index in [2.05, 4.69) is 13.8 Å². The number of benzene rings is 1. The van der Waals surface area contributed by atoms with Crippen LogP contribution in [0.4, 0.5) is 0 Å². The van der Waals surface area contributed by atoms with Crippen LogP contribution in [0.3, 0.4) is 0 Å². The van der Waals surface area contributed by atoms with E-state index in [1.54, 1.807) is 24.1 Å². The highest BCUT2D eigenvalue weighted by Gasteiger charge is 2.15. The van der Waals surface area contributed by atoms with E-state index in [0.717, 1.165) is 6.42 Å². The number of rotatable bonds is 8. The minimum Gasteiger partial charge on any atom is -0.493 e. The standard InChI is InChI=1S/C17H27NO3/c1-6-18(7-2)17(19)14-8-9-15(16(12-14)20-5)21-11-10-13(3)4/h8-9,12-13H,6-7,10-11H2,1-5H3. The van der Waals surface area contributed by atoms with Crippen molar-refractivity contribution in [1.82, 2.24) is 4.90 Å². The molecule has 0 aliphatic heterocycles. The zero-order chi connectivity index (χ0) is 15.8. The Kier molecular flexibility index (Phi) is 7.06. The van der Waals surface area contributed by atoms with Crippen LogP contribution in [0.15, 0.2) is 18.2 Å². The van der Waals surface area contributed by atoms with Gasteiger partial charge in [-0.3, -0.25) is 4.79 Å². The van der Waals surface area contributed by atoms with Gasteiger partial charge in [0.1, 0.15) is 0 Å². The average Bonchev–Trinajstić information content (AvgIpc) is 2.48. The second kappa shape index (κ2) is 8.55. The lowest BCUT2D eigenvalue weighted by atomic mass is 10.1. The monoisotopic (exact) mass is 293 g/mol. The van der Waals surface area contributed by atoms with Crippen LogP contribution >= 0.6 is 0 Å². The number of amides is 1. The zero-order valence-electron chi connectivity index (χ0n) is 13.8. The predicted octanol–water partition coefficient (Wildman–Crippen LogP) is 3.60. The van der Waals surface area contributed by atoms with Gasteiger partial charge in [-0.2, -0.15) is 0 Å². The highest BCUT2D eigenvalue weighted by molar-refractivity contribution is 5.94. The molecule has 4 heteroatoms.